The van der Waals surface area contributed by atoms with Crippen molar-refractivity contribution in [1.82, 2.24) is 4.31 Å². The van der Waals surface area contributed by atoms with Crippen LogP contribution in [0.1, 0.15) is 6.92 Å². The van der Waals surface area contributed by atoms with Gasteiger partial charge in [0.25, 0.3) is 5.91 Å². The van der Waals surface area contributed by atoms with Gasteiger partial charge in [0.2, 0.25) is 10.0 Å². The summed E-state index contributed by atoms with van der Waals surface area (Å²) in [7, 11) is -2.18. The van der Waals surface area contributed by atoms with Crippen LogP contribution >= 0.6 is 0 Å². The molecule has 1 saturated heterocycles. The van der Waals surface area contributed by atoms with Crippen molar-refractivity contribution in [3.8, 4) is 5.75 Å². The van der Waals surface area contributed by atoms with Gasteiger partial charge in [0, 0.05) is 11.8 Å². The van der Waals surface area contributed by atoms with E-state index >= 15 is 0 Å². The summed E-state index contributed by atoms with van der Waals surface area (Å²) in [5.41, 5.74) is 0.646. The number of hydrogen-bond donors (Lipinski definition) is 2. The van der Waals surface area contributed by atoms with Crippen molar-refractivity contribution in [3.05, 3.63) is 54.3 Å². The maximum absolute atomic E-state index is 13.4. The lowest BCUT2D eigenvalue weighted by molar-refractivity contribution is -0.917. The van der Waals surface area contributed by atoms with Gasteiger partial charge in [-0.25, -0.2) is 12.8 Å². The number of amides is 1. The minimum atomic E-state index is -3.74. The Morgan fingerprint density at radius 3 is 2.52 bits per heavy atom. The Balaban J connectivity index is 1.60. The van der Waals surface area contributed by atoms with Crippen molar-refractivity contribution in [2.45, 2.75) is 17.9 Å². The number of halogens is 1. The zero-order valence-corrected chi connectivity index (χ0v) is 17.2. The Morgan fingerprint density at radius 2 is 1.86 bits per heavy atom. The monoisotopic (exact) mass is 422 g/mol. The molecule has 0 aromatic heterocycles. The number of quaternary nitrogens is 1. The van der Waals surface area contributed by atoms with Crippen LogP contribution in [0, 0.1) is 5.82 Å². The third-order valence-electron chi connectivity index (χ3n) is 5.14. The second-order valence-corrected chi connectivity index (χ2v) is 8.90. The number of anilines is 1. The molecule has 29 heavy (non-hydrogen) atoms. The molecule has 1 amide bonds. The van der Waals surface area contributed by atoms with Gasteiger partial charge in [0.1, 0.15) is 11.6 Å². The average Bonchev–Trinajstić information content (AvgIpc) is 2.73. The van der Waals surface area contributed by atoms with Gasteiger partial charge in [-0.2, -0.15) is 4.31 Å². The number of methoxy groups -OCH3 is 1. The maximum atomic E-state index is 13.4. The minimum Gasteiger partial charge on any atom is -0.497 e. The topological polar surface area (TPSA) is 80.2 Å². The van der Waals surface area contributed by atoms with E-state index in [-0.39, 0.29) is 29.9 Å². The number of rotatable bonds is 6. The third kappa shape index (κ3) is 4.92. The average molecular weight is 423 g/mol. The minimum absolute atomic E-state index is 0.0511. The van der Waals surface area contributed by atoms with Gasteiger partial charge in [0.15, 0.2) is 6.04 Å². The first-order chi connectivity index (χ1) is 13.8. The summed E-state index contributed by atoms with van der Waals surface area (Å²) >= 11 is 0. The molecule has 2 aromatic carbocycles. The Bertz CT molecular complexity index is 975. The number of nitrogens with zero attached hydrogens (tertiary/aromatic N) is 1. The standard InChI is InChI=1S/C20H24FN3O4S/c1-15(20(25)22-17-6-4-7-18(14-17)28-2)23-9-11-24(12-10-23)29(26,27)19-8-3-5-16(21)13-19/h3-8,13-15H,9-12H2,1-2H3,(H,22,25)/p+1/t15-/m0/s1. The number of sulfonamides is 1. The summed E-state index contributed by atoms with van der Waals surface area (Å²) in [5.74, 6) is -0.0770. The molecule has 0 unspecified atom stereocenters. The lowest BCUT2D eigenvalue weighted by Crippen LogP contribution is -3.19. The first-order valence-electron chi connectivity index (χ1n) is 9.36. The highest BCUT2D eigenvalue weighted by Crippen LogP contribution is 2.18. The summed E-state index contributed by atoms with van der Waals surface area (Å²) in [6.45, 7) is 3.33. The molecule has 0 bridgehead atoms. The van der Waals surface area contributed by atoms with Gasteiger partial charge in [-0.1, -0.05) is 12.1 Å². The molecule has 2 N–H and O–H groups in total. The zero-order valence-electron chi connectivity index (χ0n) is 16.4. The molecule has 0 radical (unpaired) electrons. The molecule has 0 saturated carbocycles. The summed E-state index contributed by atoms with van der Waals surface area (Å²) < 4.78 is 45.3. The van der Waals surface area contributed by atoms with E-state index in [0.29, 0.717) is 24.5 Å². The summed E-state index contributed by atoms with van der Waals surface area (Å²) in [6.07, 6.45) is 0. The van der Waals surface area contributed by atoms with Gasteiger partial charge >= 0.3 is 0 Å². The molecule has 1 atom stereocenters. The predicted molar refractivity (Wildman–Crippen MR) is 107 cm³/mol. The summed E-state index contributed by atoms with van der Waals surface area (Å²) in [4.78, 5) is 13.5. The van der Waals surface area contributed by atoms with E-state index in [1.165, 1.54) is 22.5 Å². The molecule has 1 aliphatic heterocycles. The van der Waals surface area contributed by atoms with E-state index in [2.05, 4.69) is 5.32 Å². The van der Waals surface area contributed by atoms with Crippen LogP contribution in [-0.4, -0.2) is 58.0 Å². The first kappa shape index (κ1) is 21.2. The van der Waals surface area contributed by atoms with E-state index in [1.807, 2.05) is 6.92 Å². The van der Waals surface area contributed by atoms with Crippen molar-refractivity contribution >= 4 is 21.6 Å². The second kappa shape index (κ2) is 8.89. The maximum Gasteiger partial charge on any atom is 0.282 e. The third-order valence-corrected chi connectivity index (χ3v) is 7.04. The quantitative estimate of drug-likeness (QED) is 0.720. The molecule has 1 heterocycles. The number of carbonyl (C=O) groups is 1. The Morgan fingerprint density at radius 1 is 1.17 bits per heavy atom. The van der Waals surface area contributed by atoms with Crippen molar-refractivity contribution in [2.24, 2.45) is 0 Å². The van der Waals surface area contributed by atoms with E-state index < -0.39 is 15.8 Å². The molecular weight excluding hydrogens is 397 g/mol. The SMILES string of the molecule is COc1cccc(NC(=O)[C@H](C)[NH+]2CCN(S(=O)(=O)c3cccc(F)c3)CC2)c1. The Hall–Kier alpha value is -2.49. The Kier molecular flexibility index (Phi) is 6.51. The molecule has 1 aliphatic rings. The molecule has 156 valence electrons. The number of nitrogens with one attached hydrogen (secondary N) is 2. The normalized spacial score (nSPS) is 16.9. The molecule has 7 nitrogen and oxygen atoms in total. The number of benzene rings is 2. The number of hydrogen-bond acceptors (Lipinski definition) is 4. The number of piperazine rings is 1. The van der Waals surface area contributed by atoms with E-state index in [9.17, 15) is 17.6 Å². The van der Waals surface area contributed by atoms with Crippen LogP contribution in [-0.2, 0) is 14.8 Å². The smallest absolute Gasteiger partial charge is 0.282 e. The van der Waals surface area contributed by atoms with Crippen LogP contribution in [0.25, 0.3) is 0 Å². The molecule has 9 heteroatoms. The first-order valence-corrected chi connectivity index (χ1v) is 10.8. The van der Waals surface area contributed by atoms with Crippen LogP contribution in [0.3, 0.4) is 0 Å². The van der Waals surface area contributed by atoms with E-state index in [1.54, 1.807) is 31.4 Å². The molecule has 0 spiro atoms. The molecule has 2 aromatic rings. The summed E-state index contributed by atoms with van der Waals surface area (Å²) in [6, 6.07) is 11.8. The van der Waals surface area contributed by atoms with Gasteiger partial charge in [-0.3, -0.25) is 4.79 Å². The van der Waals surface area contributed by atoms with Gasteiger partial charge in [-0.15, -0.1) is 0 Å². The predicted octanol–water partition coefficient (Wildman–Crippen LogP) is 0.751. The van der Waals surface area contributed by atoms with Gasteiger partial charge in [0.05, 0.1) is 38.2 Å². The molecule has 3 rings (SSSR count). The number of carbonyl (C=O) groups excluding carboxylic acids is 1. The van der Waals surface area contributed by atoms with Crippen molar-refractivity contribution in [2.75, 3.05) is 38.6 Å². The highest BCUT2D eigenvalue weighted by molar-refractivity contribution is 7.89. The van der Waals surface area contributed by atoms with Crippen molar-refractivity contribution in [3.63, 3.8) is 0 Å². The summed E-state index contributed by atoms with van der Waals surface area (Å²) in [5, 5.41) is 2.87. The highest BCUT2D eigenvalue weighted by atomic mass is 32.2. The zero-order chi connectivity index (χ0) is 21.0. The van der Waals surface area contributed by atoms with Crippen molar-refractivity contribution in [1.29, 1.82) is 0 Å². The van der Waals surface area contributed by atoms with Crippen LogP contribution in [0.5, 0.6) is 5.75 Å². The van der Waals surface area contributed by atoms with Crippen LogP contribution in [0.15, 0.2) is 53.4 Å². The molecular formula is C20H25FN3O4S+. The van der Waals surface area contributed by atoms with E-state index in [0.717, 1.165) is 11.0 Å². The lowest BCUT2D eigenvalue weighted by atomic mass is 10.2. The molecule has 0 aliphatic carbocycles. The number of ether oxygens (including phenoxy) is 1. The largest absolute Gasteiger partial charge is 0.497 e. The fourth-order valence-corrected chi connectivity index (χ4v) is 4.83. The lowest BCUT2D eigenvalue weighted by Gasteiger charge is -2.34. The van der Waals surface area contributed by atoms with Crippen molar-refractivity contribution < 1.29 is 27.2 Å². The Labute approximate surface area is 170 Å². The molecule has 1 fully saturated rings. The highest BCUT2D eigenvalue weighted by Gasteiger charge is 2.34. The van der Waals surface area contributed by atoms with Crippen LogP contribution in [0.4, 0.5) is 10.1 Å². The van der Waals surface area contributed by atoms with E-state index in [4.69, 9.17) is 4.74 Å². The van der Waals surface area contributed by atoms with Crippen LogP contribution < -0.4 is 15.0 Å². The van der Waals surface area contributed by atoms with Gasteiger partial charge < -0.3 is 15.0 Å². The van der Waals surface area contributed by atoms with Gasteiger partial charge in [-0.05, 0) is 37.3 Å². The van der Waals surface area contributed by atoms with Crippen LogP contribution in [0.2, 0.25) is 0 Å². The fraction of sp³-hybridized carbons (Fsp3) is 0.350. The second-order valence-electron chi connectivity index (χ2n) is 6.96. The fourth-order valence-electron chi connectivity index (χ4n) is 3.36.